The Bertz CT molecular complexity index is 704. The number of benzene rings is 1. The van der Waals surface area contributed by atoms with Gasteiger partial charge in [-0.2, -0.15) is 4.98 Å². The van der Waals surface area contributed by atoms with Crippen molar-refractivity contribution in [3.63, 3.8) is 0 Å². The van der Waals surface area contributed by atoms with E-state index in [4.69, 9.17) is 9.26 Å². The molecule has 0 bridgehead atoms. The minimum Gasteiger partial charge on any atom is -0.377 e. The largest absolute Gasteiger partial charge is 0.377 e. The van der Waals surface area contributed by atoms with Gasteiger partial charge in [0.25, 0.3) is 0 Å². The highest BCUT2D eigenvalue weighted by atomic mass is 16.5. The molecule has 2 rings (SSSR count). The molecule has 1 N–H and O–H groups in total. The molecule has 6 nitrogen and oxygen atoms in total. The van der Waals surface area contributed by atoms with Gasteiger partial charge in [-0.25, -0.2) is 0 Å². The first-order valence-corrected chi connectivity index (χ1v) is 9.14. The molecular weight excluding hydrogens is 330 g/mol. The van der Waals surface area contributed by atoms with E-state index in [1.807, 2.05) is 52.0 Å². The second-order valence-corrected chi connectivity index (χ2v) is 7.30. The lowest BCUT2D eigenvalue weighted by atomic mass is 9.96. The second-order valence-electron chi connectivity index (χ2n) is 7.30. The van der Waals surface area contributed by atoms with Crippen LogP contribution in [0.1, 0.15) is 63.4 Å². The molecule has 1 aromatic heterocycles. The summed E-state index contributed by atoms with van der Waals surface area (Å²) < 4.78 is 10.7. The van der Waals surface area contributed by atoms with E-state index in [-0.39, 0.29) is 11.3 Å². The molecule has 6 heteroatoms. The number of carbonyl (C=O) groups is 1. The average molecular weight is 359 g/mol. The molecule has 2 aromatic rings. The van der Waals surface area contributed by atoms with E-state index in [0.29, 0.717) is 50.7 Å². The van der Waals surface area contributed by atoms with Crippen molar-refractivity contribution in [3.8, 4) is 0 Å². The first-order chi connectivity index (χ1) is 12.4. The molecule has 0 aliphatic heterocycles. The van der Waals surface area contributed by atoms with Crippen molar-refractivity contribution < 1.29 is 14.1 Å². The monoisotopic (exact) mass is 359 g/mol. The van der Waals surface area contributed by atoms with Gasteiger partial charge >= 0.3 is 0 Å². The Morgan fingerprint density at radius 2 is 1.96 bits per heavy atom. The molecule has 0 unspecified atom stereocenters. The van der Waals surface area contributed by atoms with Crippen LogP contribution in [-0.4, -0.2) is 22.7 Å². The highest BCUT2D eigenvalue weighted by molar-refractivity contribution is 5.75. The fraction of sp³-hybridized carbons (Fsp3) is 0.550. The first-order valence-electron chi connectivity index (χ1n) is 9.14. The van der Waals surface area contributed by atoms with Crippen LogP contribution in [0.4, 0.5) is 0 Å². The maximum Gasteiger partial charge on any atom is 0.226 e. The van der Waals surface area contributed by atoms with Crippen molar-refractivity contribution in [2.24, 2.45) is 0 Å². The van der Waals surface area contributed by atoms with Gasteiger partial charge < -0.3 is 14.6 Å². The number of rotatable bonds is 9. The van der Waals surface area contributed by atoms with Crippen molar-refractivity contribution >= 4 is 5.91 Å². The number of hydrogen-bond acceptors (Lipinski definition) is 5. The predicted molar refractivity (Wildman–Crippen MR) is 99.6 cm³/mol. The zero-order chi connectivity index (χ0) is 19.0. The Morgan fingerprint density at radius 3 is 2.62 bits per heavy atom. The van der Waals surface area contributed by atoms with Gasteiger partial charge in [-0.1, -0.05) is 50.2 Å². The summed E-state index contributed by atoms with van der Waals surface area (Å²) in [6.07, 6.45) is 1.72. The van der Waals surface area contributed by atoms with Crippen LogP contribution in [0.2, 0.25) is 0 Å². The van der Waals surface area contributed by atoms with E-state index in [2.05, 4.69) is 15.5 Å². The Balaban J connectivity index is 1.75. The third-order valence-corrected chi connectivity index (χ3v) is 3.99. The molecule has 0 saturated heterocycles. The van der Waals surface area contributed by atoms with Gasteiger partial charge in [-0.3, -0.25) is 4.79 Å². The fourth-order valence-corrected chi connectivity index (χ4v) is 2.43. The Hall–Kier alpha value is -2.21. The predicted octanol–water partition coefficient (Wildman–Crippen LogP) is 3.54. The summed E-state index contributed by atoms with van der Waals surface area (Å²) in [5.74, 6) is 1.31. The van der Waals surface area contributed by atoms with Crippen molar-refractivity contribution in [2.75, 3.05) is 6.61 Å². The molecule has 0 spiro atoms. The number of nitrogens with one attached hydrogen (secondary N) is 1. The molecule has 0 aliphatic carbocycles. The lowest BCUT2D eigenvalue weighted by molar-refractivity contribution is -0.121. The van der Waals surface area contributed by atoms with E-state index in [1.165, 1.54) is 0 Å². The van der Waals surface area contributed by atoms with Gasteiger partial charge in [0.2, 0.25) is 11.8 Å². The maximum atomic E-state index is 12.1. The summed E-state index contributed by atoms with van der Waals surface area (Å²) in [6.45, 7) is 9.84. The SMILES string of the molecule is CCOCc1ccccc1CNC(=O)CCCc1nc(C(C)(C)C)no1. The third-order valence-electron chi connectivity index (χ3n) is 3.99. The van der Waals surface area contributed by atoms with Gasteiger partial charge in [-0.05, 0) is 24.5 Å². The van der Waals surface area contributed by atoms with Gasteiger partial charge in [0.15, 0.2) is 5.82 Å². The topological polar surface area (TPSA) is 77.2 Å². The number of carbonyl (C=O) groups excluding carboxylic acids is 1. The van der Waals surface area contributed by atoms with E-state index < -0.39 is 0 Å². The zero-order valence-electron chi connectivity index (χ0n) is 16.2. The quantitative estimate of drug-likeness (QED) is 0.741. The summed E-state index contributed by atoms with van der Waals surface area (Å²) in [7, 11) is 0. The number of hydrogen-bond donors (Lipinski definition) is 1. The Morgan fingerprint density at radius 1 is 1.23 bits per heavy atom. The van der Waals surface area contributed by atoms with Crippen LogP contribution in [0.25, 0.3) is 0 Å². The first kappa shape index (κ1) is 20.1. The second kappa shape index (κ2) is 9.48. The van der Waals surface area contributed by atoms with Crippen LogP contribution in [0.3, 0.4) is 0 Å². The summed E-state index contributed by atoms with van der Waals surface area (Å²) in [5, 5.41) is 6.97. The molecule has 0 atom stereocenters. The van der Waals surface area contributed by atoms with E-state index in [9.17, 15) is 4.79 Å². The van der Waals surface area contributed by atoms with Crippen molar-refractivity contribution in [1.29, 1.82) is 0 Å². The van der Waals surface area contributed by atoms with Crippen molar-refractivity contribution in [1.82, 2.24) is 15.5 Å². The summed E-state index contributed by atoms with van der Waals surface area (Å²) in [5.41, 5.74) is 2.06. The molecule has 0 aliphatic rings. The molecular formula is C20H29N3O3. The van der Waals surface area contributed by atoms with Crippen LogP contribution in [0, 0.1) is 0 Å². The number of nitrogens with zero attached hydrogens (tertiary/aromatic N) is 2. The lowest BCUT2D eigenvalue weighted by Crippen LogP contribution is -2.23. The number of aromatic nitrogens is 2. The number of ether oxygens (including phenoxy) is 1. The fourth-order valence-electron chi connectivity index (χ4n) is 2.43. The summed E-state index contributed by atoms with van der Waals surface area (Å²) in [6, 6.07) is 8.00. The smallest absolute Gasteiger partial charge is 0.226 e. The molecule has 1 amide bonds. The van der Waals surface area contributed by atoms with Crippen LogP contribution in [-0.2, 0) is 34.5 Å². The Labute approximate surface area is 155 Å². The molecule has 1 heterocycles. The van der Waals surface area contributed by atoms with Crippen LogP contribution < -0.4 is 5.32 Å². The average Bonchev–Trinajstić information content (AvgIpc) is 3.08. The van der Waals surface area contributed by atoms with Crippen LogP contribution in [0.15, 0.2) is 28.8 Å². The number of aryl methyl sites for hydroxylation is 1. The molecule has 142 valence electrons. The summed E-state index contributed by atoms with van der Waals surface area (Å²) in [4.78, 5) is 16.5. The highest BCUT2D eigenvalue weighted by Crippen LogP contribution is 2.19. The van der Waals surface area contributed by atoms with Crippen molar-refractivity contribution in [2.45, 2.75) is 65.5 Å². The minimum atomic E-state index is -0.131. The van der Waals surface area contributed by atoms with E-state index >= 15 is 0 Å². The normalized spacial score (nSPS) is 11.5. The van der Waals surface area contributed by atoms with Gasteiger partial charge in [-0.15, -0.1) is 0 Å². The minimum absolute atomic E-state index is 0.0202. The zero-order valence-corrected chi connectivity index (χ0v) is 16.2. The maximum absolute atomic E-state index is 12.1. The van der Waals surface area contributed by atoms with E-state index in [0.717, 1.165) is 11.1 Å². The standard InChI is InChI=1S/C20H29N3O3/c1-5-25-14-16-10-7-6-9-15(16)13-21-17(24)11-8-12-18-22-19(23-26-18)20(2,3)4/h6-7,9-10H,5,8,11-14H2,1-4H3,(H,21,24). The Kier molecular flexibility index (Phi) is 7.33. The molecule has 0 saturated carbocycles. The summed E-state index contributed by atoms with van der Waals surface area (Å²) >= 11 is 0. The number of amides is 1. The lowest BCUT2D eigenvalue weighted by Gasteiger charge is -2.11. The third kappa shape index (κ3) is 6.26. The van der Waals surface area contributed by atoms with Gasteiger partial charge in [0.05, 0.1) is 6.61 Å². The molecule has 0 fully saturated rings. The van der Waals surface area contributed by atoms with E-state index in [1.54, 1.807) is 0 Å². The van der Waals surface area contributed by atoms with Gasteiger partial charge in [0, 0.05) is 31.4 Å². The van der Waals surface area contributed by atoms with Crippen LogP contribution >= 0.6 is 0 Å². The highest BCUT2D eigenvalue weighted by Gasteiger charge is 2.20. The molecule has 0 radical (unpaired) electrons. The molecule has 26 heavy (non-hydrogen) atoms. The van der Waals surface area contributed by atoms with Crippen LogP contribution in [0.5, 0.6) is 0 Å². The van der Waals surface area contributed by atoms with Crippen molar-refractivity contribution in [3.05, 3.63) is 47.1 Å². The van der Waals surface area contributed by atoms with Gasteiger partial charge in [0.1, 0.15) is 0 Å². The molecule has 1 aromatic carbocycles.